The first-order valence-corrected chi connectivity index (χ1v) is 4.46. The number of halogens is 2. The lowest BCUT2D eigenvalue weighted by molar-refractivity contribution is 0.875. The van der Waals surface area contributed by atoms with Gasteiger partial charge in [0.2, 0.25) is 0 Å². The van der Waals surface area contributed by atoms with Gasteiger partial charge in [-0.15, -0.1) is 11.6 Å². The Hall–Kier alpha value is -0.200. The van der Waals surface area contributed by atoms with E-state index >= 15 is 0 Å². The quantitative estimate of drug-likeness (QED) is 0.622. The topological polar surface area (TPSA) is 0 Å². The molecule has 0 saturated heterocycles. The summed E-state index contributed by atoms with van der Waals surface area (Å²) in [5.41, 5.74) is 1.24. The van der Waals surface area contributed by atoms with Gasteiger partial charge in [0.1, 0.15) is 0 Å². The predicted molar refractivity (Wildman–Crippen MR) is 50.6 cm³/mol. The van der Waals surface area contributed by atoms with Gasteiger partial charge in [-0.2, -0.15) is 0 Å². The summed E-state index contributed by atoms with van der Waals surface area (Å²) in [5, 5.41) is 0.774. The second-order valence-electron chi connectivity index (χ2n) is 2.61. The minimum absolute atomic E-state index is 0.411. The largest absolute Gasteiger partial charge is 0.126 e. The van der Waals surface area contributed by atoms with Gasteiger partial charge in [0.25, 0.3) is 0 Å². The summed E-state index contributed by atoms with van der Waals surface area (Å²) in [4.78, 5) is 0. The number of hydrogen-bond donors (Lipinski definition) is 0. The van der Waals surface area contributed by atoms with Crippen molar-refractivity contribution in [3.63, 3.8) is 0 Å². The summed E-state index contributed by atoms with van der Waals surface area (Å²) < 4.78 is 0. The molecular weight excluding hydrogens is 179 g/mol. The smallest absolute Gasteiger partial charge is 0.0406 e. The lowest BCUT2D eigenvalue weighted by Gasteiger charge is -2.06. The first-order chi connectivity index (χ1) is 5.24. The SMILES string of the molecule is CC(CCl)c1ccc(Cl)cc1. The van der Waals surface area contributed by atoms with Gasteiger partial charge in [-0.3, -0.25) is 0 Å². The first kappa shape index (κ1) is 8.89. The van der Waals surface area contributed by atoms with Crippen LogP contribution in [0.2, 0.25) is 5.02 Å². The number of hydrogen-bond acceptors (Lipinski definition) is 0. The molecule has 0 radical (unpaired) electrons. The van der Waals surface area contributed by atoms with Crippen LogP contribution >= 0.6 is 23.2 Å². The molecule has 0 nitrogen and oxygen atoms in total. The average molecular weight is 189 g/mol. The maximum Gasteiger partial charge on any atom is 0.0406 e. The highest BCUT2D eigenvalue weighted by Gasteiger charge is 2.01. The van der Waals surface area contributed by atoms with Crippen LogP contribution in [0, 0.1) is 0 Å². The van der Waals surface area contributed by atoms with E-state index < -0.39 is 0 Å². The lowest BCUT2D eigenvalue weighted by atomic mass is 10.0. The number of alkyl halides is 1. The van der Waals surface area contributed by atoms with E-state index in [0.717, 1.165) is 5.02 Å². The fourth-order valence-corrected chi connectivity index (χ4v) is 1.18. The van der Waals surface area contributed by atoms with E-state index in [1.54, 1.807) is 0 Å². The Morgan fingerprint density at radius 2 is 1.82 bits per heavy atom. The molecule has 60 valence electrons. The summed E-state index contributed by atoms with van der Waals surface area (Å²) in [6.07, 6.45) is 0. The third kappa shape index (κ3) is 2.39. The van der Waals surface area contributed by atoms with Crippen molar-refractivity contribution in [1.82, 2.24) is 0 Å². The second kappa shape index (κ2) is 3.99. The Bertz CT molecular complexity index is 216. The van der Waals surface area contributed by atoms with Crippen LogP contribution in [0.4, 0.5) is 0 Å². The van der Waals surface area contributed by atoms with Crippen molar-refractivity contribution in [2.45, 2.75) is 12.8 Å². The zero-order chi connectivity index (χ0) is 8.27. The monoisotopic (exact) mass is 188 g/mol. The van der Waals surface area contributed by atoms with Gasteiger partial charge >= 0.3 is 0 Å². The summed E-state index contributed by atoms with van der Waals surface area (Å²) in [7, 11) is 0. The van der Waals surface area contributed by atoms with Crippen molar-refractivity contribution >= 4 is 23.2 Å². The van der Waals surface area contributed by atoms with E-state index in [0.29, 0.717) is 11.8 Å². The Morgan fingerprint density at radius 1 is 1.27 bits per heavy atom. The van der Waals surface area contributed by atoms with Gasteiger partial charge in [0, 0.05) is 10.9 Å². The molecule has 0 aromatic heterocycles. The molecule has 0 fully saturated rings. The maximum absolute atomic E-state index is 5.73. The molecular formula is C9H10Cl2. The minimum atomic E-state index is 0.411. The molecule has 1 aromatic carbocycles. The van der Waals surface area contributed by atoms with E-state index in [2.05, 4.69) is 6.92 Å². The van der Waals surface area contributed by atoms with Gasteiger partial charge in [-0.05, 0) is 23.6 Å². The van der Waals surface area contributed by atoms with Crippen LogP contribution in [0.5, 0.6) is 0 Å². The Morgan fingerprint density at radius 3 is 2.27 bits per heavy atom. The molecule has 0 aliphatic carbocycles. The zero-order valence-corrected chi connectivity index (χ0v) is 7.86. The van der Waals surface area contributed by atoms with Crippen molar-refractivity contribution in [3.05, 3.63) is 34.9 Å². The zero-order valence-electron chi connectivity index (χ0n) is 6.35. The van der Waals surface area contributed by atoms with Crippen LogP contribution in [-0.2, 0) is 0 Å². The van der Waals surface area contributed by atoms with Crippen LogP contribution in [0.25, 0.3) is 0 Å². The van der Waals surface area contributed by atoms with E-state index in [1.807, 2.05) is 24.3 Å². The van der Waals surface area contributed by atoms with Crippen molar-refractivity contribution in [1.29, 1.82) is 0 Å². The van der Waals surface area contributed by atoms with E-state index in [-0.39, 0.29) is 0 Å². The molecule has 0 aliphatic rings. The molecule has 0 saturated carbocycles. The molecule has 1 aromatic rings. The Labute approximate surface area is 77.1 Å². The maximum atomic E-state index is 5.73. The summed E-state index contributed by atoms with van der Waals surface area (Å²) in [6.45, 7) is 2.09. The third-order valence-electron chi connectivity index (χ3n) is 1.67. The van der Waals surface area contributed by atoms with Crippen molar-refractivity contribution < 1.29 is 0 Å². The summed E-state index contributed by atoms with van der Waals surface area (Å²) in [5.74, 6) is 1.07. The fourth-order valence-electron chi connectivity index (χ4n) is 0.880. The van der Waals surface area contributed by atoms with Crippen LogP contribution in [0.3, 0.4) is 0 Å². The first-order valence-electron chi connectivity index (χ1n) is 3.55. The van der Waals surface area contributed by atoms with E-state index in [1.165, 1.54) is 5.56 Å². The van der Waals surface area contributed by atoms with Gasteiger partial charge < -0.3 is 0 Å². The standard InChI is InChI=1S/C9H10Cl2/c1-7(6-10)8-2-4-9(11)5-3-8/h2-5,7H,6H2,1H3. The van der Waals surface area contributed by atoms with Crippen LogP contribution in [0.1, 0.15) is 18.4 Å². The van der Waals surface area contributed by atoms with Crippen LogP contribution < -0.4 is 0 Å². The molecule has 0 N–H and O–H groups in total. The molecule has 0 bridgehead atoms. The normalized spacial score (nSPS) is 13.0. The lowest BCUT2D eigenvalue weighted by Crippen LogP contribution is -1.93. The van der Waals surface area contributed by atoms with Gasteiger partial charge in [-0.1, -0.05) is 30.7 Å². The van der Waals surface area contributed by atoms with Gasteiger partial charge in [-0.25, -0.2) is 0 Å². The number of benzene rings is 1. The van der Waals surface area contributed by atoms with Crippen molar-refractivity contribution in [2.75, 3.05) is 5.88 Å². The molecule has 0 spiro atoms. The predicted octanol–water partition coefficient (Wildman–Crippen LogP) is 3.68. The van der Waals surface area contributed by atoms with E-state index in [9.17, 15) is 0 Å². The molecule has 1 atom stereocenters. The van der Waals surface area contributed by atoms with E-state index in [4.69, 9.17) is 23.2 Å². The Balaban J connectivity index is 2.81. The van der Waals surface area contributed by atoms with Crippen LogP contribution in [-0.4, -0.2) is 5.88 Å². The Kier molecular flexibility index (Phi) is 3.22. The molecule has 1 rings (SSSR count). The molecule has 0 aliphatic heterocycles. The molecule has 11 heavy (non-hydrogen) atoms. The van der Waals surface area contributed by atoms with Crippen molar-refractivity contribution in [3.8, 4) is 0 Å². The van der Waals surface area contributed by atoms with Gasteiger partial charge in [0.05, 0.1) is 0 Å². The molecule has 0 amide bonds. The highest BCUT2D eigenvalue weighted by molar-refractivity contribution is 6.30. The summed E-state index contributed by atoms with van der Waals surface area (Å²) >= 11 is 11.4. The molecule has 1 unspecified atom stereocenters. The fraction of sp³-hybridized carbons (Fsp3) is 0.333. The van der Waals surface area contributed by atoms with Gasteiger partial charge in [0.15, 0.2) is 0 Å². The minimum Gasteiger partial charge on any atom is -0.126 e. The molecule has 2 heteroatoms. The van der Waals surface area contributed by atoms with Crippen LogP contribution in [0.15, 0.2) is 24.3 Å². The highest BCUT2D eigenvalue weighted by atomic mass is 35.5. The molecule has 0 heterocycles. The second-order valence-corrected chi connectivity index (χ2v) is 3.35. The summed E-state index contributed by atoms with van der Waals surface area (Å²) in [6, 6.07) is 7.80. The average Bonchev–Trinajstić information content (AvgIpc) is 2.05. The third-order valence-corrected chi connectivity index (χ3v) is 2.39. The van der Waals surface area contributed by atoms with Crippen molar-refractivity contribution in [2.24, 2.45) is 0 Å². The highest BCUT2D eigenvalue weighted by Crippen LogP contribution is 2.18. The number of rotatable bonds is 2.